The molecule has 1 fully saturated rings. The van der Waals surface area contributed by atoms with E-state index in [0.717, 1.165) is 45.4 Å². The highest BCUT2D eigenvalue weighted by Crippen LogP contribution is 2.23. The van der Waals surface area contributed by atoms with E-state index in [1.165, 1.54) is 22.4 Å². The minimum absolute atomic E-state index is 0.125. The van der Waals surface area contributed by atoms with Crippen molar-refractivity contribution in [3.05, 3.63) is 40.6 Å². The predicted octanol–water partition coefficient (Wildman–Crippen LogP) is 2.29. The minimum atomic E-state index is -0.125. The molecule has 3 nitrogen and oxygen atoms in total. The van der Waals surface area contributed by atoms with E-state index in [4.69, 9.17) is 0 Å². The van der Waals surface area contributed by atoms with Crippen molar-refractivity contribution in [3.63, 3.8) is 0 Å². The maximum absolute atomic E-state index is 9.71. The van der Waals surface area contributed by atoms with Crippen LogP contribution in [-0.4, -0.2) is 35.7 Å². The summed E-state index contributed by atoms with van der Waals surface area (Å²) in [5.74, 6) is 0. The van der Waals surface area contributed by atoms with Crippen molar-refractivity contribution >= 4 is 6.08 Å². The number of nitrogens with one attached hydrogen (secondary N) is 1. The molecule has 2 N–H and O–H groups in total. The number of aliphatic hydroxyl groups excluding tert-OH is 1. The van der Waals surface area contributed by atoms with E-state index in [2.05, 4.69) is 41.4 Å². The summed E-state index contributed by atoms with van der Waals surface area (Å²) in [5.41, 5.74) is 5.46. The number of benzene rings is 1. The van der Waals surface area contributed by atoms with Gasteiger partial charge in [0, 0.05) is 25.3 Å². The zero-order valence-corrected chi connectivity index (χ0v) is 12.2. The summed E-state index contributed by atoms with van der Waals surface area (Å²) in [5, 5.41) is 13.2. The summed E-state index contributed by atoms with van der Waals surface area (Å²) >= 11 is 0. The highest BCUT2D eigenvalue weighted by Gasteiger charge is 2.18. The molecule has 3 rings (SSSR count). The third-order valence-electron chi connectivity index (χ3n) is 4.42. The number of aryl methyl sites for hydroxylation is 1. The van der Waals surface area contributed by atoms with Crippen molar-refractivity contribution in [1.29, 1.82) is 0 Å². The lowest BCUT2D eigenvalue weighted by molar-refractivity contribution is 0.0712. The van der Waals surface area contributed by atoms with Crippen molar-refractivity contribution in [2.75, 3.05) is 19.6 Å². The Morgan fingerprint density at radius 1 is 1.40 bits per heavy atom. The van der Waals surface area contributed by atoms with Crippen LogP contribution in [0.3, 0.4) is 0 Å². The Kier molecular flexibility index (Phi) is 4.08. The number of aliphatic hydroxyl groups is 1. The molecule has 0 spiro atoms. The first kappa shape index (κ1) is 13.7. The fraction of sp³-hybridized carbons (Fsp3) is 0.529. The molecule has 0 radical (unpaired) electrons. The SMILES string of the molecule is Cc1cccc2c1C=C(CCN1CCCC(O)C1)NC2. The molecule has 0 amide bonds. The number of β-amino-alcohol motifs (C(OH)–C–C–N with tert-alkyl or cyclic N) is 1. The highest BCUT2D eigenvalue weighted by atomic mass is 16.3. The molecule has 1 saturated heterocycles. The van der Waals surface area contributed by atoms with Crippen LogP contribution in [0.1, 0.15) is 36.0 Å². The molecule has 20 heavy (non-hydrogen) atoms. The van der Waals surface area contributed by atoms with Gasteiger partial charge in [0.2, 0.25) is 0 Å². The summed E-state index contributed by atoms with van der Waals surface area (Å²) < 4.78 is 0. The van der Waals surface area contributed by atoms with Crippen LogP contribution in [0.5, 0.6) is 0 Å². The molecule has 0 saturated carbocycles. The normalized spacial score (nSPS) is 22.9. The monoisotopic (exact) mass is 272 g/mol. The van der Waals surface area contributed by atoms with E-state index in [1.54, 1.807) is 0 Å². The summed E-state index contributed by atoms with van der Waals surface area (Å²) in [4.78, 5) is 2.38. The molecular weight excluding hydrogens is 248 g/mol. The molecule has 3 heteroatoms. The first-order chi connectivity index (χ1) is 9.72. The smallest absolute Gasteiger partial charge is 0.0667 e. The highest BCUT2D eigenvalue weighted by molar-refractivity contribution is 5.62. The molecule has 0 aliphatic carbocycles. The predicted molar refractivity (Wildman–Crippen MR) is 82.3 cm³/mol. The molecule has 2 aliphatic heterocycles. The van der Waals surface area contributed by atoms with Gasteiger partial charge in [-0.2, -0.15) is 0 Å². The number of hydrogen-bond acceptors (Lipinski definition) is 3. The molecule has 0 bridgehead atoms. The molecule has 2 heterocycles. The maximum Gasteiger partial charge on any atom is 0.0667 e. The van der Waals surface area contributed by atoms with Crippen LogP contribution in [-0.2, 0) is 6.54 Å². The van der Waals surface area contributed by atoms with Crippen LogP contribution in [0.15, 0.2) is 23.9 Å². The molecule has 108 valence electrons. The van der Waals surface area contributed by atoms with E-state index in [1.807, 2.05) is 0 Å². The summed E-state index contributed by atoms with van der Waals surface area (Å²) in [6.07, 6.45) is 5.30. The zero-order valence-electron chi connectivity index (χ0n) is 12.2. The Bertz CT molecular complexity index is 510. The summed E-state index contributed by atoms with van der Waals surface area (Å²) in [7, 11) is 0. The summed E-state index contributed by atoms with van der Waals surface area (Å²) in [6, 6.07) is 6.51. The first-order valence-electron chi connectivity index (χ1n) is 7.66. The third kappa shape index (κ3) is 3.05. The molecule has 1 atom stereocenters. The van der Waals surface area contributed by atoms with Gasteiger partial charge in [-0.15, -0.1) is 0 Å². The minimum Gasteiger partial charge on any atom is -0.392 e. The Balaban J connectivity index is 1.63. The van der Waals surface area contributed by atoms with Crippen molar-refractivity contribution in [2.45, 2.75) is 38.8 Å². The topological polar surface area (TPSA) is 35.5 Å². The van der Waals surface area contributed by atoms with Gasteiger partial charge in [0.25, 0.3) is 0 Å². The van der Waals surface area contributed by atoms with Crippen LogP contribution in [0.4, 0.5) is 0 Å². The molecule has 2 aliphatic rings. The quantitative estimate of drug-likeness (QED) is 0.886. The number of fused-ring (bicyclic) bond motifs is 1. The van der Waals surface area contributed by atoms with Gasteiger partial charge >= 0.3 is 0 Å². The molecular formula is C17H24N2O. The van der Waals surface area contributed by atoms with Crippen molar-refractivity contribution in [3.8, 4) is 0 Å². The third-order valence-corrected chi connectivity index (χ3v) is 4.42. The van der Waals surface area contributed by atoms with Crippen LogP contribution in [0.2, 0.25) is 0 Å². The van der Waals surface area contributed by atoms with Crippen LogP contribution in [0, 0.1) is 6.92 Å². The standard InChI is InChI=1S/C17H24N2O/c1-13-4-2-5-14-11-18-15(10-17(13)14)7-9-19-8-3-6-16(20)12-19/h2,4-5,10,16,18,20H,3,6-9,11-12H2,1H3. The van der Waals surface area contributed by atoms with Gasteiger partial charge in [0.05, 0.1) is 6.10 Å². The Labute approximate surface area is 121 Å². The average Bonchev–Trinajstić information content (AvgIpc) is 2.46. The summed E-state index contributed by atoms with van der Waals surface area (Å²) in [6.45, 7) is 6.12. The van der Waals surface area contributed by atoms with E-state index >= 15 is 0 Å². The maximum atomic E-state index is 9.71. The van der Waals surface area contributed by atoms with Gasteiger partial charge in [0.15, 0.2) is 0 Å². The molecule has 0 aromatic heterocycles. The van der Waals surface area contributed by atoms with E-state index < -0.39 is 0 Å². The van der Waals surface area contributed by atoms with Gasteiger partial charge in [-0.1, -0.05) is 18.2 Å². The Morgan fingerprint density at radius 2 is 2.30 bits per heavy atom. The van der Waals surface area contributed by atoms with Gasteiger partial charge in [-0.05, 0) is 55.5 Å². The van der Waals surface area contributed by atoms with Gasteiger partial charge in [0.1, 0.15) is 0 Å². The largest absolute Gasteiger partial charge is 0.392 e. The molecule has 1 aromatic rings. The molecule has 1 aromatic carbocycles. The van der Waals surface area contributed by atoms with Crippen molar-refractivity contribution in [1.82, 2.24) is 10.2 Å². The second-order valence-corrected chi connectivity index (χ2v) is 6.02. The fourth-order valence-corrected chi connectivity index (χ4v) is 3.21. The van der Waals surface area contributed by atoms with Crippen LogP contribution < -0.4 is 5.32 Å². The molecule has 1 unspecified atom stereocenters. The lowest BCUT2D eigenvalue weighted by Gasteiger charge is -2.30. The number of hydrogen-bond donors (Lipinski definition) is 2. The number of likely N-dealkylation sites (tertiary alicyclic amines) is 1. The van der Waals surface area contributed by atoms with Crippen molar-refractivity contribution < 1.29 is 5.11 Å². The Hall–Kier alpha value is -1.32. The Morgan fingerprint density at radius 3 is 3.15 bits per heavy atom. The van der Waals surface area contributed by atoms with E-state index in [-0.39, 0.29) is 6.10 Å². The number of rotatable bonds is 3. The average molecular weight is 272 g/mol. The zero-order chi connectivity index (χ0) is 13.9. The fourth-order valence-electron chi connectivity index (χ4n) is 3.21. The second-order valence-electron chi connectivity index (χ2n) is 6.02. The lowest BCUT2D eigenvalue weighted by Crippen LogP contribution is -2.39. The van der Waals surface area contributed by atoms with Gasteiger partial charge in [-0.3, -0.25) is 0 Å². The number of nitrogens with zero attached hydrogens (tertiary/aromatic N) is 1. The van der Waals surface area contributed by atoms with Crippen LogP contribution >= 0.6 is 0 Å². The lowest BCUT2D eigenvalue weighted by atomic mass is 9.97. The van der Waals surface area contributed by atoms with Gasteiger partial charge < -0.3 is 15.3 Å². The van der Waals surface area contributed by atoms with Gasteiger partial charge in [-0.25, -0.2) is 0 Å². The second kappa shape index (κ2) is 5.98. The van der Waals surface area contributed by atoms with E-state index in [9.17, 15) is 5.11 Å². The first-order valence-corrected chi connectivity index (χ1v) is 7.66. The number of piperidine rings is 1. The van der Waals surface area contributed by atoms with E-state index in [0.29, 0.717) is 0 Å². The van der Waals surface area contributed by atoms with Crippen molar-refractivity contribution in [2.24, 2.45) is 0 Å². The van der Waals surface area contributed by atoms with Crippen LogP contribution in [0.25, 0.3) is 6.08 Å².